The summed E-state index contributed by atoms with van der Waals surface area (Å²) in [7, 11) is 0. The molecular formula is C26H31N3O4. The molecular weight excluding hydrogens is 418 g/mol. The summed E-state index contributed by atoms with van der Waals surface area (Å²) >= 11 is 0. The minimum atomic E-state index is -0.419. The Bertz CT molecular complexity index is 1160. The first-order chi connectivity index (χ1) is 16.0. The van der Waals surface area contributed by atoms with Crippen LogP contribution in [0.3, 0.4) is 0 Å². The lowest BCUT2D eigenvalue weighted by atomic mass is 10.1. The maximum Gasteiger partial charge on any atom is 0.306 e. The first-order valence-corrected chi connectivity index (χ1v) is 11.5. The molecule has 2 aromatic carbocycles. The molecule has 7 nitrogen and oxygen atoms in total. The van der Waals surface area contributed by atoms with E-state index in [9.17, 15) is 14.4 Å². The van der Waals surface area contributed by atoms with Gasteiger partial charge in [0.2, 0.25) is 5.91 Å². The number of benzene rings is 2. The Morgan fingerprint density at radius 1 is 1.00 bits per heavy atom. The number of amides is 1. The smallest absolute Gasteiger partial charge is 0.306 e. The molecule has 33 heavy (non-hydrogen) atoms. The van der Waals surface area contributed by atoms with Crippen LogP contribution in [0.15, 0.2) is 59.4 Å². The average molecular weight is 450 g/mol. The minimum absolute atomic E-state index is 0.0277. The summed E-state index contributed by atoms with van der Waals surface area (Å²) in [6, 6.07) is 16.2. The molecule has 0 saturated heterocycles. The number of ether oxygens (including phenoxy) is 1. The molecule has 0 saturated carbocycles. The third-order valence-electron chi connectivity index (χ3n) is 5.51. The molecule has 1 heterocycles. The molecule has 0 aliphatic carbocycles. The Labute approximate surface area is 194 Å². The summed E-state index contributed by atoms with van der Waals surface area (Å²) in [5.41, 5.74) is 1.12. The van der Waals surface area contributed by atoms with Crippen molar-refractivity contribution < 1.29 is 14.3 Å². The molecule has 1 unspecified atom stereocenters. The van der Waals surface area contributed by atoms with Crippen molar-refractivity contribution in [2.75, 3.05) is 13.2 Å². The van der Waals surface area contributed by atoms with Crippen molar-refractivity contribution >= 4 is 22.8 Å². The molecule has 174 valence electrons. The van der Waals surface area contributed by atoms with Crippen LogP contribution in [0.4, 0.5) is 0 Å². The molecule has 0 aliphatic heterocycles. The van der Waals surface area contributed by atoms with E-state index >= 15 is 0 Å². The van der Waals surface area contributed by atoms with Gasteiger partial charge < -0.3 is 9.64 Å². The molecule has 0 radical (unpaired) electrons. The summed E-state index contributed by atoms with van der Waals surface area (Å²) in [5.74, 6) is -0.0236. The van der Waals surface area contributed by atoms with Crippen LogP contribution in [-0.2, 0) is 14.3 Å². The van der Waals surface area contributed by atoms with Crippen LogP contribution >= 0.6 is 0 Å². The predicted octanol–water partition coefficient (Wildman–Crippen LogP) is 4.42. The second-order valence-corrected chi connectivity index (χ2v) is 7.78. The zero-order valence-corrected chi connectivity index (χ0v) is 19.5. The van der Waals surface area contributed by atoms with E-state index in [1.807, 2.05) is 62.4 Å². The van der Waals surface area contributed by atoms with Crippen molar-refractivity contribution in [2.24, 2.45) is 0 Å². The van der Waals surface area contributed by atoms with Gasteiger partial charge in [0.1, 0.15) is 5.82 Å². The van der Waals surface area contributed by atoms with Gasteiger partial charge in [-0.2, -0.15) is 0 Å². The zero-order valence-electron chi connectivity index (χ0n) is 19.5. The summed E-state index contributed by atoms with van der Waals surface area (Å²) in [4.78, 5) is 45.2. The Morgan fingerprint density at radius 3 is 2.36 bits per heavy atom. The van der Waals surface area contributed by atoms with Crippen LogP contribution in [0.2, 0.25) is 0 Å². The summed E-state index contributed by atoms with van der Waals surface area (Å²) in [6.45, 7) is 6.49. The topological polar surface area (TPSA) is 81.5 Å². The first kappa shape index (κ1) is 24.2. The van der Waals surface area contributed by atoms with Gasteiger partial charge in [-0.05, 0) is 44.0 Å². The monoisotopic (exact) mass is 449 g/mol. The van der Waals surface area contributed by atoms with Gasteiger partial charge in [0.15, 0.2) is 0 Å². The van der Waals surface area contributed by atoms with Crippen LogP contribution in [0.5, 0.6) is 0 Å². The van der Waals surface area contributed by atoms with Gasteiger partial charge in [0, 0.05) is 13.0 Å². The van der Waals surface area contributed by atoms with Crippen LogP contribution < -0.4 is 5.56 Å². The summed E-state index contributed by atoms with van der Waals surface area (Å²) in [5, 5.41) is 0.524. The third-order valence-corrected chi connectivity index (χ3v) is 5.51. The van der Waals surface area contributed by atoms with E-state index in [1.165, 1.54) is 0 Å². The second-order valence-electron chi connectivity index (χ2n) is 7.78. The molecule has 7 heteroatoms. The Hall–Kier alpha value is -3.48. The summed E-state index contributed by atoms with van der Waals surface area (Å²) < 4.78 is 6.59. The molecule has 0 N–H and O–H groups in total. The van der Waals surface area contributed by atoms with Crippen molar-refractivity contribution in [1.82, 2.24) is 14.5 Å². The normalized spacial score (nSPS) is 11.8. The molecule has 1 aromatic heterocycles. The van der Waals surface area contributed by atoms with E-state index < -0.39 is 6.04 Å². The Balaban J connectivity index is 2.11. The number of aromatic nitrogens is 2. The van der Waals surface area contributed by atoms with Gasteiger partial charge in [-0.1, -0.05) is 44.2 Å². The van der Waals surface area contributed by atoms with E-state index in [4.69, 9.17) is 9.72 Å². The second kappa shape index (κ2) is 11.4. The standard InChI is InChI=1S/C26H31N3O4/c1-4-18-28(23(30)16-17-24(31)33-6-3)22(5-2)25-27-21-15-11-10-14-20(21)26(32)29(25)19-12-8-7-9-13-19/h7-15,22H,4-6,16-18H2,1-3H3. The number of nitrogens with zero attached hydrogens (tertiary/aromatic N) is 3. The van der Waals surface area contributed by atoms with Crippen LogP contribution in [0, 0.1) is 0 Å². The fraction of sp³-hybridized carbons (Fsp3) is 0.385. The van der Waals surface area contributed by atoms with E-state index in [0.29, 0.717) is 35.4 Å². The highest BCUT2D eigenvalue weighted by Crippen LogP contribution is 2.27. The number of fused-ring (bicyclic) bond motifs is 1. The SMILES string of the molecule is CCCN(C(=O)CCC(=O)OCC)C(CC)c1nc2ccccc2c(=O)n1-c1ccccc1. The number of hydrogen-bond donors (Lipinski definition) is 0. The Kier molecular flexibility index (Phi) is 8.35. The number of rotatable bonds is 10. The number of carbonyl (C=O) groups excluding carboxylic acids is 2. The van der Waals surface area contributed by atoms with E-state index in [1.54, 1.807) is 22.5 Å². The molecule has 0 fully saturated rings. The van der Waals surface area contributed by atoms with Crippen LogP contribution in [-0.4, -0.2) is 39.5 Å². The number of para-hydroxylation sites is 2. The molecule has 0 bridgehead atoms. The molecule has 3 aromatic rings. The fourth-order valence-electron chi connectivity index (χ4n) is 4.02. The third kappa shape index (κ3) is 5.48. The lowest BCUT2D eigenvalue weighted by Gasteiger charge is -2.32. The van der Waals surface area contributed by atoms with E-state index in [-0.39, 0.29) is 36.9 Å². The highest BCUT2D eigenvalue weighted by molar-refractivity contribution is 5.82. The average Bonchev–Trinajstić information content (AvgIpc) is 2.83. The van der Waals surface area contributed by atoms with Crippen LogP contribution in [0.1, 0.15) is 58.3 Å². The van der Waals surface area contributed by atoms with Gasteiger partial charge in [-0.25, -0.2) is 4.98 Å². The predicted molar refractivity (Wildman–Crippen MR) is 128 cm³/mol. The van der Waals surface area contributed by atoms with Gasteiger partial charge >= 0.3 is 5.97 Å². The van der Waals surface area contributed by atoms with Crippen molar-refractivity contribution in [1.29, 1.82) is 0 Å². The molecule has 3 rings (SSSR count). The van der Waals surface area contributed by atoms with Gasteiger partial charge in [0.05, 0.1) is 35.7 Å². The van der Waals surface area contributed by atoms with Crippen molar-refractivity contribution in [3.05, 3.63) is 70.8 Å². The number of hydrogen-bond acceptors (Lipinski definition) is 5. The van der Waals surface area contributed by atoms with Crippen molar-refractivity contribution in [3.8, 4) is 5.69 Å². The van der Waals surface area contributed by atoms with Crippen LogP contribution in [0.25, 0.3) is 16.6 Å². The Morgan fingerprint density at radius 2 is 1.70 bits per heavy atom. The van der Waals surface area contributed by atoms with Gasteiger partial charge in [-0.3, -0.25) is 19.0 Å². The minimum Gasteiger partial charge on any atom is -0.466 e. The van der Waals surface area contributed by atoms with Gasteiger partial charge in [-0.15, -0.1) is 0 Å². The van der Waals surface area contributed by atoms with Gasteiger partial charge in [0.25, 0.3) is 5.56 Å². The molecule has 0 aliphatic rings. The lowest BCUT2D eigenvalue weighted by molar-refractivity contribution is -0.146. The maximum atomic E-state index is 13.6. The number of esters is 1. The molecule has 1 atom stereocenters. The van der Waals surface area contributed by atoms with Crippen molar-refractivity contribution in [3.63, 3.8) is 0 Å². The first-order valence-electron chi connectivity index (χ1n) is 11.5. The maximum absolute atomic E-state index is 13.6. The number of carbonyl (C=O) groups is 2. The quantitative estimate of drug-likeness (QED) is 0.428. The molecule has 0 spiro atoms. The highest BCUT2D eigenvalue weighted by atomic mass is 16.5. The zero-order chi connectivity index (χ0) is 23.8. The fourth-order valence-corrected chi connectivity index (χ4v) is 4.02. The largest absolute Gasteiger partial charge is 0.466 e. The lowest BCUT2D eigenvalue weighted by Crippen LogP contribution is -2.39. The summed E-state index contributed by atoms with van der Waals surface area (Å²) in [6.07, 6.45) is 1.39. The molecule has 1 amide bonds. The highest BCUT2D eigenvalue weighted by Gasteiger charge is 2.28. The van der Waals surface area contributed by atoms with E-state index in [0.717, 1.165) is 6.42 Å². The van der Waals surface area contributed by atoms with Crippen molar-refractivity contribution in [2.45, 2.75) is 52.5 Å². The van der Waals surface area contributed by atoms with E-state index in [2.05, 4.69) is 0 Å².